The fraction of sp³-hybridized carbons (Fsp3) is 0.0909. The number of alkyl halides is 3. The number of halogens is 3. The third-order valence-electron chi connectivity index (χ3n) is 2.23. The maximum absolute atomic E-state index is 12.3. The highest BCUT2D eigenvalue weighted by molar-refractivity contribution is 6.03. The fourth-order valence-corrected chi connectivity index (χ4v) is 1.35. The molecule has 0 fully saturated rings. The normalized spacial score (nSPS) is 10.9. The van der Waals surface area contributed by atoms with Gasteiger partial charge in [0.05, 0.1) is 11.6 Å². The lowest BCUT2D eigenvalue weighted by molar-refractivity contribution is -0.144. The third-order valence-corrected chi connectivity index (χ3v) is 2.23. The van der Waals surface area contributed by atoms with Crippen molar-refractivity contribution in [2.45, 2.75) is 6.18 Å². The maximum atomic E-state index is 12.3. The number of anilines is 1. The van der Waals surface area contributed by atoms with E-state index >= 15 is 0 Å². The molecule has 2 N–H and O–H groups in total. The summed E-state index contributed by atoms with van der Waals surface area (Å²) < 4.78 is 36.8. The molecule has 1 aromatic carbocycles. The van der Waals surface area contributed by atoms with Crippen LogP contribution in [0.4, 0.5) is 19.1 Å². The van der Waals surface area contributed by atoms with E-state index in [1.54, 1.807) is 5.10 Å². The van der Waals surface area contributed by atoms with Crippen molar-refractivity contribution in [3.8, 4) is 6.07 Å². The first-order valence-corrected chi connectivity index (χ1v) is 5.21. The Morgan fingerprint density at radius 3 is 2.75 bits per heavy atom. The Bertz CT molecular complexity index is 686. The summed E-state index contributed by atoms with van der Waals surface area (Å²) in [4.78, 5) is 14.8. The van der Waals surface area contributed by atoms with Crippen LogP contribution in [0.3, 0.4) is 0 Å². The number of aromatic nitrogens is 3. The number of H-pyrrole nitrogens is 1. The number of nitrogens with one attached hydrogen (secondary N) is 2. The molecular weight excluding hydrogens is 275 g/mol. The standard InChI is InChI=1S/C11H6F3N5O/c12-11(13,14)9-17-10(19-18-9)16-8(20)7-3-1-2-6(4-7)5-15/h1-4H,(H2,16,17,18,19,20). The molecule has 0 spiro atoms. The van der Waals surface area contributed by atoms with Crippen LogP contribution >= 0.6 is 0 Å². The summed E-state index contributed by atoms with van der Waals surface area (Å²) in [6.45, 7) is 0. The molecule has 0 saturated heterocycles. The lowest BCUT2D eigenvalue weighted by Crippen LogP contribution is -2.13. The Labute approximate surface area is 110 Å². The van der Waals surface area contributed by atoms with Crippen LogP contribution in [0.2, 0.25) is 0 Å². The minimum Gasteiger partial charge on any atom is -0.289 e. The average Bonchev–Trinajstić information content (AvgIpc) is 2.87. The van der Waals surface area contributed by atoms with Crippen molar-refractivity contribution in [3.05, 3.63) is 41.2 Å². The summed E-state index contributed by atoms with van der Waals surface area (Å²) >= 11 is 0. The van der Waals surface area contributed by atoms with E-state index in [-0.39, 0.29) is 11.1 Å². The van der Waals surface area contributed by atoms with Gasteiger partial charge in [0.25, 0.3) is 5.91 Å². The second kappa shape index (κ2) is 5.00. The second-order valence-electron chi connectivity index (χ2n) is 3.65. The Balaban J connectivity index is 2.16. The van der Waals surface area contributed by atoms with Gasteiger partial charge in [0.2, 0.25) is 11.8 Å². The number of amides is 1. The third kappa shape index (κ3) is 2.92. The summed E-state index contributed by atoms with van der Waals surface area (Å²) in [5, 5.41) is 15.7. The summed E-state index contributed by atoms with van der Waals surface area (Å²) in [5.41, 5.74) is 0.367. The first-order chi connectivity index (χ1) is 9.40. The number of nitriles is 1. The molecule has 1 amide bonds. The van der Waals surface area contributed by atoms with Crippen LogP contribution in [0.5, 0.6) is 0 Å². The van der Waals surface area contributed by atoms with Gasteiger partial charge in [-0.15, -0.1) is 5.10 Å². The molecule has 0 radical (unpaired) electrons. The lowest BCUT2D eigenvalue weighted by Gasteiger charge is -2.01. The Hall–Kier alpha value is -2.89. The van der Waals surface area contributed by atoms with E-state index in [1.807, 2.05) is 6.07 Å². The van der Waals surface area contributed by atoms with Gasteiger partial charge in [0.1, 0.15) is 0 Å². The number of benzene rings is 1. The summed E-state index contributed by atoms with van der Waals surface area (Å²) in [6.07, 6.45) is -4.67. The number of hydrogen-bond acceptors (Lipinski definition) is 4. The van der Waals surface area contributed by atoms with Gasteiger partial charge in [-0.2, -0.15) is 23.4 Å². The highest BCUT2D eigenvalue weighted by atomic mass is 19.4. The minimum atomic E-state index is -4.67. The summed E-state index contributed by atoms with van der Waals surface area (Å²) in [6, 6.07) is 7.52. The number of hydrogen-bond donors (Lipinski definition) is 2. The van der Waals surface area contributed by atoms with E-state index in [1.165, 1.54) is 24.3 Å². The molecule has 20 heavy (non-hydrogen) atoms. The number of nitrogens with zero attached hydrogens (tertiary/aromatic N) is 3. The zero-order valence-electron chi connectivity index (χ0n) is 9.69. The van der Waals surface area contributed by atoms with Crippen molar-refractivity contribution in [3.63, 3.8) is 0 Å². The number of carbonyl (C=O) groups excluding carboxylic acids is 1. The van der Waals surface area contributed by atoms with Gasteiger partial charge < -0.3 is 0 Å². The van der Waals surface area contributed by atoms with Crippen LogP contribution in [-0.4, -0.2) is 21.1 Å². The molecule has 2 aromatic rings. The predicted molar refractivity (Wildman–Crippen MR) is 60.5 cm³/mol. The highest BCUT2D eigenvalue weighted by Crippen LogP contribution is 2.26. The molecule has 0 atom stereocenters. The zero-order valence-corrected chi connectivity index (χ0v) is 9.69. The van der Waals surface area contributed by atoms with Gasteiger partial charge in [-0.3, -0.25) is 15.2 Å². The van der Waals surface area contributed by atoms with E-state index in [0.29, 0.717) is 0 Å². The predicted octanol–water partition coefficient (Wildman–Crippen LogP) is 1.95. The Morgan fingerprint density at radius 2 is 2.15 bits per heavy atom. The van der Waals surface area contributed by atoms with Crippen LogP contribution < -0.4 is 5.32 Å². The van der Waals surface area contributed by atoms with E-state index in [4.69, 9.17) is 5.26 Å². The second-order valence-corrected chi connectivity index (χ2v) is 3.65. The quantitative estimate of drug-likeness (QED) is 0.879. The Kier molecular flexibility index (Phi) is 3.39. The van der Waals surface area contributed by atoms with E-state index < -0.39 is 23.9 Å². The first kappa shape index (κ1) is 13.5. The maximum Gasteiger partial charge on any atom is 0.451 e. The molecule has 0 unspecified atom stereocenters. The largest absolute Gasteiger partial charge is 0.451 e. The van der Waals surface area contributed by atoms with Crippen molar-refractivity contribution in [1.29, 1.82) is 5.26 Å². The van der Waals surface area contributed by atoms with Crippen LogP contribution in [0.25, 0.3) is 0 Å². The van der Waals surface area contributed by atoms with E-state index in [9.17, 15) is 18.0 Å². The van der Waals surface area contributed by atoms with E-state index in [2.05, 4.69) is 15.4 Å². The molecule has 1 heterocycles. The fourth-order valence-electron chi connectivity index (χ4n) is 1.35. The molecule has 2 rings (SSSR count). The SMILES string of the molecule is N#Cc1cccc(C(=O)Nc2n[nH]c(C(F)(F)F)n2)c1. The van der Waals surface area contributed by atoms with Gasteiger partial charge in [0, 0.05) is 5.56 Å². The van der Waals surface area contributed by atoms with Gasteiger partial charge in [-0.05, 0) is 18.2 Å². The van der Waals surface area contributed by atoms with Crippen LogP contribution in [0, 0.1) is 11.3 Å². The van der Waals surface area contributed by atoms with Gasteiger partial charge in [-0.1, -0.05) is 6.07 Å². The molecule has 0 saturated carbocycles. The van der Waals surface area contributed by atoms with Crippen molar-refractivity contribution in [2.75, 3.05) is 5.32 Å². The van der Waals surface area contributed by atoms with E-state index in [0.717, 1.165) is 0 Å². The Morgan fingerprint density at radius 1 is 1.40 bits per heavy atom. The smallest absolute Gasteiger partial charge is 0.289 e. The van der Waals surface area contributed by atoms with Crippen LogP contribution in [0.1, 0.15) is 21.7 Å². The summed E-state index contributed by atoms with van der Waals surface area (Å²) in [7, 11) is 0. The number of aromatic amines is 1. The molecule has 1 aromatic heterocycles. The van der Waals surface area contributed by atoms with Gasteiger partial charge >= 0.3 is 6.18 Å². The molecule has 0 bridgehead atoms. The first-order valence-electron chi connectivity index (χ1n) is 5.21. The van der Waals surface area contributed by atoms with Crippen molar-refractivity contribution in [2.24, 2.45) is 0 Å². The molecule has 102 valence electrons. The highest BCUT2D eigenvalue weighted by Gasteiger charge is 2.35. The minimum absolute atomic E-state index is 0.113. The molecule has 9 heteroatoms. The van der Waals surface area contributed by atoms with Crippen LogP contribution in [-0.2, 0) is 6.18 Å². The molecular formula is C11H6F3N5O. The van der Waals surface area contributed by atoms with Crippen molar-refractivity contribution in [1.82, 2.24) is 15.2 Å². The monoisotopic (exact) mass is 281 g/mol. The zero-order chi connectivity index (χ0) is 14.8. The number of rotatable bonds is 2. The van der Waals surface area contributed by atoms with Crippen molar-refractivity contribution < 1.29 is 18.0 Å². The van der Waals surface area contributed by atoms with Crippen molar-refractivity contribution >= 4 is 11.9 Å². The lowest BCUT2D eigenvalue weighted by atomic mass is 10.1. The van der Waals surface area contributed by atoms with Gasteiger partial charge in [0.15, 0.2) is 0 Å². The summed E-state index contributed by atoms with van der Waals surface area (Å²) in [5.74, 6) is -2.52. The topological polar surface area (TPSA) is 94.5 Å². The molecule has 6 nitrogen and oxygen atoms in total. The average molecular weight is 281 g/mol. The van der Waals surface area contributed by atoms with Crippen LogP contribution in [0.15, 0.2) is 24.3 Å². The van der Waals surface area contributed by atoms with Gasteiger partial charge in [-0.25, -0.2) is 0 Å². The number of carbonyl (C=O) groups is 1. The molecule has 0 aliphatic heterocycles. The molecule has 0 aliphatic carbocycles. The molecule has 0 aliphatic rings.